The minimum Gasteiger partial charge on any atom is -0.489 e. The summed E-state index contributed by atoms with van der Waals surface area (Å²) in [6, 6.07) is 11.3. The molecule has 3 nitrogen and oxygen atoms in total. The highest BCUT2D eigenvalue weighted by atomic mass is 35.5. The lowest BCUT2D eigenvalue weighted by Crippen LogP contribution is -2.11. The molecule has 2 aromatic rings. The minimum absolute atomic E-state index is 0.0602. The molecular weight excluding hydrogens is 272 g/mol. The highest BCUT2D eigenvalue weighted by molar-refractivity contribution is 6.32. The van der Waals surface area contributed by atoms with Gasteiger partial charge >= 0.3 is 0 Å². The molecule has 0 spiro atoms. The molecule has 0 heterocycles. The van der Waals surface area contributed by atoms with Crippen molar-refractivity contribution in [3.05, 3.63) is 63.7 Å². The number of benzene rings is 2. The number of nitrogen functional groups attached to an aromatic ring is 1. The third kappa shape index (κ3) is 3.31. The topological polar surface area (TPSA) is 59.1 Å². The third-order valence-electron chi connectivity index (χ3n) is 3.05. The van der Waals surface area contributed by atoms with Crippen LogP contribution in [0.1, 0.15) is 22.3 Å². The number of hydrogen-bond donors (Lipinski definition) is 2. The zero-order chi connectivity index (χ0) is 14.7. The predicted octanol–water partition coefficient (Wildman–Crippen LogP) is 3.82. The van der Waals surface area contributed by atoms with Crippen molar-refractivity contribution in [1.29, 1.82) is 5.41 Å². The van der Waals surface area contributed by atoms with E-state index >= 15 is 0 Å². The fraction of sp³-hybridized carbons (Fsp3) is 0.188. The highest BCUT2D eigenvalue weighted by Gasteiger charge is 2.04. The Morgan fingerprint density at radius 1 is 1.20 bits per heavy atom. The van der Waals surface area contributed by atoms with E-state index in [1.54, 1.807) is 0 Å². The molecule has 0 aliphatic heterocycles. The fourth-order valence-corrected chi connectivity index (χ4v) is 2.09. The normalized spacial score (nSPS) is 10.3. The quantitative estimate of drug-likeness (QED) is 0.664. The van der Waals surface area contributed by atoms with Crippen molar-refractivity contribution in [3.8, 4) is 5.75 Å². The summed E-state index contributed by atoms with van der Waals surface area (Å²) in [6.45, 7) is 4.35. The Morgan fingerprint density at radius 3 is 2.45 bits per heavy atom. The first-order valence-electron chi connectivity index (χ1n) is 6.30. The third-order valence-corrected chi connectivity index (χ3v) is 3.65. The summed E-state index contributed by atoms with van der Waals surface area (Å²) in [5.41, 5.74) is 9.15. The van der Waals surface area contributed by atoms with Crippen LogP contribution < -0.4 is 10.5 Å². The van der Waals surface area contributed by atoms with Crippen LogP contribution in [0.15, 0.2) is 36.4 Å². The van der Waals surface area contributed by atoms with Crippen LogP contribution in [-0.2, 0) is 6.61 Å². The van der Waals surface area contributed by atoms with E-state index in [9.17, 15) is 0 Å². The molecule has 0 saturated heterocycles. The number of aryl methyl sites for hydroxylation is 2. The van der Waals surface area contributed by atoms with Crippen LogP contribution in [0.25, 0.3) is 0 Å². The van der Waals surface area contributed by atoms with Gasteiger partial charge in [0, 0.05) is 10.6 Å². The molecular formula is C16H17ClN2O. The lowest BCUT2D eigenvalue weighted by molar-refractivity contribution is 0.306. The summed E-state index contributed by atoms with van der Waals surface area (Å²) in [6.07, 6.45) is 0. The summed E-state index contributed by atoms with van der Waals surface area (Å²) < 4.78 is 5.77. The van der Waals surface area contributed by atoms with E-state index in [-0.39, 0.29) is 5.84 Å². The van der Waals surface area contributed by atoms with Gasteiger partial charge in [0.1, 0.15) is 18.2 Å². The van der Waals surface area contributed by atoms with Gasteiger partial charge in [-0.1, -0.05) is 29.8 Å². The van der Waals surface area contributed by atoms with E-state index in [1.165, 1.54) is 0 Å². The SMILES string of the molecule is Cc1cc(OCc2cccc(C(=N)N)c2)cc(C)c1Cl. The van der Waals surface area contributed by atoms with Gasteiger partial charge in [0.05, 0.1) is 0 Å². The van der Waals surface area contributed by atoms with Crippen LogP contribution in [0, 0.1) is 19.3 Å². The molecule has 0 fully saturated rings. The Balaban J connectivity index is 2.13. The first-order chi connectivity index (χ1) is 9.47. The number of halogens is 1. The summed E-state index contributed by atoms with van der Waals surface area (Å²) in [7, 11) is 0. The second kappa shape index (κ2) is 5.97. The van der Waals surface area contributed by atoms with Gasteiger partial charge < -0.3 is 10.5 Å². The monoisotopic (exact) mass is 288 g/mol. The maximum absolute atomic E-state index is 7.43. The Labute approximate surface area is 123 Å². The molecule has 0 radical (unpaired) electrons. The number of amidine groups is 1. The Kier molecular flexibility index (Phi) is 4.30. The first kappa shape index (κ1) is 14.4. The van der Waals surface area contributed by atoms with Gasteiger partial charge in [0.2, 0.25) is 0 Å². The van der Waals surface area contributed by atoms with Crippen molar-refractivity contribution in [1.82, 2.24) is 0 Å². The van der Waals surface area contributed by atoms with E-state index < -0.39 is 0 Å². The van der Waals surface area contributed by atoms with Crippen molar-refractivity contribution in [3.63, 3.8) is 0 Å². The number of nitrogens with one attached hydrogen (secondary N) is 1. The maximum Gasteiger partial charge on any atom is 0.122 e. The van der Waals surface area contributed by atoms with Crippen LogP contribution in [-0.4, -0.2) is 5.84 Å². The van der Waals surface area contributed by atoms with Crippen LogP contribution >= 0.6 is 11.6 Å². The van der Waals surface area contributed by atoms with Crippen LogP contribution in [0.5, 0.6) is 5.75 Å². The van der Waals surface area contributed by atoms with Gasteiger partial charge in [0.15, 0.2) is 0 Å². The molecule has 20 heavy (non-hydrogen) atoms. The second-order valence-electron chi connectivity index (χ2n) is 4.77. The van der Waals surface area contributed by atoms with E-state index in [1.807, 2.05) is 50.2 Å². The molecule has 0 aromatic heterocycles. The lowest BCUT2D eigenvalue weighted by atomic mass is 10.1. The molecule has 104 valence electrons. The van der Waals surface area contributed by atoms with Gasteiger partial charge in [-0.05, 0) is 48.7 Å². The largest absolute Gasteiger partial charge is 0.489 e. The Hall–Kier alpha value is -2.00. The predicted molar refractivity (Wildman–Crippen MR) is 82.7 cm³/mol. The van der Waals surface area contributed by atoms with E-state index in [4.69, 9.17) is 27.5 Å². The molecule has 0 atom stereocenters. The van der Waals surface area contributed by atoms with E-state index in [2.05, 4.69) is 0 Å². The van der Waals surface area contributed by atoms with Crippen molar-refractivity contribution in [2.24, 2.45) is 5.73 Å². The lowest BCUT2D eigenvalue weighted by Gasteiger charge is -2.10. The van der Waals surface area contributed by atoms with Gasteiger partial charge in [-0.2, -0.15) is 0 Å². The molecule has 2 aromatic carbocycles. The Morgan fingerprint density at radius 2 is 1.85 bits per heavy atom. The molecule has 4 heteroatoms. The maximum atomic E-state index is 7.43. The zero-order valence-electron chi connectivity index (χ0n) is 11.5. The number of nitrogens with two attached hydrogens (primary N) is 1. The van der Waals surface area contributed by atoms with Crippen LogP contribution in [0.4, 0.5) is 0 Å². The van der Waals surface area contributed by atoms with Gasteiger partial charge in [-0.3, -0.25) is 5.41 Å². The van der Waals surface area contributed by atoms with Crippen LogP contribution in [0.2, 0.25) is 5.02 Å². The minimum atomic E-state index is 0.0602. The molecule has 2 rings (SSSR count). The summed E-state index contributed by atoms with van der Waals surface area (Å²) >= 11 is 6.13. The summed E-state index contributed by atoms with van der Waals surface area (Å²) in [5.74, 6) is 0.850. The highest BCUT2D eigenvalue weighted by Crippen LogP contribution is 2.26. The smallest absolute Gasteiger partial charge is 0.122 e. The molecule has 0 aliphatic carbocycles. The molecule has 0 bridgehead atoms. The van der Waals surface area contributed by atoms with Gasteiger partial charge in [-0.25, -0.2) is 0 Å². The van der Waals surface area contributed by atoms with Crippen LogP contribution in [0.3, 0.4) is 0 Å². The van der Waals surface area contributed by atoms with Crippen molar-refractivity contribution < 1.29 is 4.74 Å². The standard InChI is InChI=1S/C16H17ClN2O/c1-10-6-14(7-11(2)15(10)17)20-9-12-4-3-5-13(8-12)16(18)19/h3-8H,9H2,1-2H3,(H3,18,19). The van der Waals surface area contributed by atoms with Crippen molar-refractivity contribution in [2.75, 3.05) is 0 Å². The molecule has 0 unspecified atom stereocenters. The summed E-state index contributed by atoms with van der Waals surface area (Å²) in [4.78, 5) is 0. The van der Waals surface area contributed by atoms with Gasteiger partial charge in [-0.15, -0.1) is 0 Å². The zero-order valence-corrected chi connectivity index (χ0v) is 12.3. The summed E-state index contributed by atoms with van der Waals surface area (Å²) in [5, 5.41) is 8.20. The van der Waals surface area contributed by atoms with E-state index in [0.717, 1.165) is 27.5 Å². The molecule has 0 saturated carbocycles. The van der Waals surface area contributed by atoms with Crippen molar-refractivity contribution >= 4 is 17.4 Å². The average molecular weight is 289 g/mol. The van der Waals surface area contributed by atoms with Crippen molar-refractivity contribution in [2.45, 2.75) is 20.5 Å². The first-order valence-corrected chi connectivity index (χ1v) is 6.68. The molecule has 0 amide bonds. The van der Waals surface area contributed by atoms with Gasteiger partial charge in [0.25, 0.3) is 0 Å². The van der Waals surface area contributed by atoms with E-state index in [0.29, 0.717) is 12.2 Å². The number of rotatable bonds is 4. The number of hydrogen-bond acceptors (Lipinski definition) is 2. The molecule has 3 N–H and O–H groups in total. The second-order valence-corrected chi connectivity index (χ2v) is 5.15. The average Bonchev–Trinajstić information content (AvgIpc) is 2.42. The Bertz CT molecular complexity index is 630. The fourth-order valence-electron chi connectivity index (χ4n) is 1.98. The molecule has 0 aliphatic rings. The number of ether oxygens (including phenoxy) is 1.